The Hall–Kier alpha value is -1.71. The molecule has 2 rings (SSSR count). The van der Waals surface area contributed by atoms with Crippen molar-refractivity contribution in [1.29, 1.82) is 0 Å². The molecular formula is C16H14Cl2O3. The predicted octanol–water partition coefficient (Wildman–Crippen LogP) is 4.40. The highest BCUT2D eigenvalue weighted by Crippen LogP contribution is 2.23. The zero-order valence-electron chi connectivity index (χ0n) is 11.4. The van der Waals surface area contributed by atoms with E-state index in [4.69, 9.17) is 32.7 Å². The third-order valence-electron chi connectivity index (χ3n) is 2.94. The third kappa shape index (κ3) is 4.13. The third-order valence-corrected chi connectivity index (χ3v) is 3.52. The first-order valence-corrected chi connectivity index (χ1v) is 7.11. The minimum absolute atomic E-state index is 0.398. The number of carbonyl (C=O) groups is 1. The van der Waals surface area contributed by atoms with Gasteiger partial charge < -0.3 is 9.47 Å². The van der Waals surface area contributed by atoms with Crippen molar-refractivity contribution >= 4 is 29.2 Å². The highest BCUT2D eigenvalue weighted by Gasteiger charge is 2.12. The van der Waals surface area contributed by atoms with Crippen LogP contribution in [-0.2, 0) is 11.2 Å². The van der Waals surface area contributed by atoms with Crippen LogP contribution in [0.2, 0.25) is 10.0 Å². The summed E-state index contributed by atoms with van der Waals surface area (Å²) in [6.07, 6.45) is 0.617. The van der Waals surface area contributed by atoms with Gasteiger partial charge in [-0.25, -0.2) is 4.79 Å². The second kappa shape index (κ2) is 7.34. The van der Waals surface area contributed by atoms with Gasteiger partial charge in [-0.3, -0.25) is 0 Å². The first-order valence-electron chi connectivity index (χ1n) is 6.36. The Bertz CT molecular complexity index is 641. The highest BCUT2D eigenvalue weighted by atomic mass is 35.5. The minimum atomic E-state index is -0.421. The summed E-state index contributed by atoms with van der Waals surface area (Å²) in [5.41, 5.74) is 1.35. The van der Waals surface area contributed by atoms with Crippen molar-refractivity contribution in [3.63, 3.8) is 0 Å². The minimum Gasteiger partial charge on any atom is -0.492 e. The number of hydrogen-bond acceptors (Lipinski definition) is 3. The molecule has 0 saturated heterocycles. The van der Waals surface area contributed by atoms with Crippen LogP contribution < -0.4 is 4.74 Å². The number of hydrogen-bond donors (Lipinski definition) is 0. The molecule has 0 atom stereocenters. The number of halogens is 2. The van der Waals surface area contributed by atoms with E-state index in [0.29, 0.717) is 34.4 Å². The summed E-state index contributed by atoms with van der Waals surface area (Å²) in [5.74, 6) is 0.0737. The summed E-state index contributed by atoms with van der Waals surface area (Å²) in [5, 5.41) is 1.20. The molecule has 21 heavy (non-hydrogen) atoms. The van der Waals surface area contributed by atoms with Crippen LogP contribution in [0.25, 0.3) is 0 Å². The molecule has 0 bridgehead atoms. The van der Waals surface area contributed by atoms with Crippen LogP contribution in [-0.4, -0.2) is 19.7 Å². The average molecular weight is 325 g/mol. The first-order chi connectivity index (χ1) is 10.1. The maximum Gasteiger partial charge on any atom is 0.341 e. The van der Waals surface area contributed by atoms with E-state index >= 15 is 0 Å². The number of ether oxygens (including phenoxy) is 2. The second-order valence-electron chi connectivity index (χ2n) is 4.32. The molecule has 0 aliphatic carbocycles. The second-order valence-corrected chi connectivity index (χ2v) is 5.17. The van der Waals surface area contributed by atoms with Crippen molar-refractivity contribution in [2.24, 2.45) is 0 Å². The molecule has 0 aliphatic rings. The van der Waals surface area contributed by atoms with Gasteiger partial charge in [-0.05, 0) is 29.8 Å². The average Bonchev–Trinajstić information content (AvgIpc) is 2.49. The number of esters is 1. The molecule has 3 nitrogen and oxygen atoms in total. The molecular weight excluding hydrogens is 311 g/mol. The Kier molecular flexibility index (Phi) is 5.48. The molecule has 0 amide bonds. The topological polar surface area (TPSA) is 35.5 Å². The smallest absolute Gasteiger partial charge is 0.341 e. The van der Waals surface area contributed by atoms with E-state index in [1.807, 2.05) is 6.07 Å². The van der Waals surface area contributed by atoms with Crippen molar-refractivity contribution < 1.29 is 14.3 Å². The summed E-state index contributed by atoms with van der Waals surface area (Å²) in [6.45, 7) is 0.398. The fourth-order valence-electron chi connectivity index (χ4n) is 1.87. The molecule has 0 radical (unpaired) electrons. The van der Waals surface area contributed by atoms with Gasteiger partial charge in [-0.15, -0.1) is 0 Å². The van der Waals surface area contributed by atoms with E-state index in [1.165, 1.54) is 7.11 Å². The van der Waals surface area contributed by atoms with Gasteiger partial charge in [0.15, 0.2) is 0 Å². The number of rotatable bonds is 5. The molecule has 2 aromatic carbocycles. The lowest BCUT2D eigenvalue weighted by Crippen LogP contribution is -2.08. The van der Waals surface area contributed by atoms with Crippen molar-refractivity contribution in [1.82, 2.24) is 0 Å². The molecule has 110 valence electrons. The lowest BCUT2D eigenvalue weighted by atomic mass is 10.1. The highest BCUT2D eigenvalue weighted by molar-refractivity contribution is 6.35. The van der Waals surface area contributed by atoms with Gasteiger partial charge in [0.2, 0.25) is 0 Å². The molecule has 0 unspecified atom stereocenters. The largest absolute Gasteiger partial charge is 0.492 e. The number of carbonyl (C=O) groups excluding carboxylic acids is 1. The van der Waals surface area contributed by atoms with Crippen molar-refractivity contribution in [3.8, 4) is 5.75 Å². The van der Waals surface area contributed by atoms with Crippen molar-refractivity contribution in [2.45, 2.75) is 6.42 Å². The fraction of sp³-hybridized carbons (Fsp3) is 0.188. The summed E-state index contributed by atoms with van der Waals surface area (Å²) in [7, 11) is 1.34. The van der Waals surface area contributed by atoms with Gasteiger partial charge in [0, 0.05) is 16.5 Å². The van der Waals surface area contributed by atoms with Crippen LogP contribution in [0.3, 0.4) is 0 Å². The quantitative estimate of drug-likeness (QED) is 0.764. The first kappa shape index (κ1) is 15.7. The Morgan fingerprint density at radius 1 is 1.14 bits per heavy atom. The molecule has 0 aliphatic heterocycles. The van der Waals surface area contributed by atoms with Crippen molar-refractivity contribution in [2.75, 3.05) is 13.7 Å². The molecule has 0 saturated carbocycles. The number of methoxy groups -OCH3 is 1. The van der Waals surface area contributed by atoms with Crippen LogP contribution in [0.15, 0.2) is 42.5 Å². The van der Waals surface area contributed by atoms with Crippen LogP contribution in [0.1, 0.15) is 15.9 Å². The molecule has 0 fully saturated rings. The van der Waals surface area contributed by atoms with Crippen LogP contribution in [0.4, 0.5) is 0 Å². The number of benzene rings is 2. The van der Waals surface area contributed by atoms with Gasteiger partial charge in [0.25, 0.3) is 0 Å². The van der Waals surface area contributed by atoms with E-state index in [0.717, 1.165) is 5.56 Å². The van der Waals surface area contributed by atoms with Crippen molar-refractivity contribution in [3.05, 3.63) is 63.6 Å². The van der Waals surface area contributed by atoms with Crippen LogP contribution in [0.5, 0.6) is 5.75 Å². The Balaban J connectivity index is 2.02. The normalized spacial score (nSPS) is 10.2. The lowest BCUT2D eigenvalue weighted by Gasteiger charge is -2.10. The Morgan fingerprint density at radius 3 is 2.62 bits per heavy atom. The SMILES string of the molecule is COC(=O)c1ccccc1OCCc1ccc(Cl)cc1Cl. The maximum absolute atomic E-state index is 11.6. The Labute approximate surface area is 133 Å². The molecule has 0 spiro atoms. The van der Waals surface area contributed by atoms with Gasteiger partial charge >= 0.3 is 5.97 Å². The standard InChI is InChI=1S/C16H14Cl2O3/c1-20-16(19)13-4-2-3-5-15(13)21-9-8-11-6-7-12(17)10-14(11)18/h2-7,10H,8-9H2,1H3. The molecule has 0 N–H and O–H groups in total. The number of para-hydroxylation sites is 1. The van der Waals surface area contributed by atoms with E-state index in [9.17, 15) is 4.79 Å². The van der Waals surface area contributed by atoms with E-state index in [1.54, 1.807) is 36.4 Å². The molecule has 0 aromatic heterocycles. The van der Waals surface area contributed by atoms with Crippen LogP contribution >= 0.6 is 23.2 Å². The lowest BCUT2D eigenvalue weighted by molar-refractivity contribution is 0.0596. The zero-order valence-corrected chi connectivity index (χ0v) is 12.9. The molecule has 0 heterocycles. The molecule has 2 aromatic rings. The summed E-state index contributed by atoms with van der Waals surface area (Å²) in [4.78, 5) is 11.6. The van der Waals surface area contributed by atoms with Gasteiger partial charge in [-0.1, -0.05) is 41.4 Å². The maximum atomic E-state index is 11.6. The van der Waals surface area contributed by atoms with E-state index in [-0.39, 0.29) is 0 Å². The fourth-order valence-corrected chi connectivity index (χ4v) is 2.37. The monoisotopic (exact) mass is 324 g/mol. The van der Waals surface area contributed by atoms with Gasteiger partial charge in [0.1, 0.15) is 11.3 Å². The van der Waals surface area contributed by atoms with E-state index in [2.05, 4.69) is 0 Å². The Morgan fingerprint density at radius 2 is 1.90 bits per heavy atom. The molecule has 5 heteroatoms. The van der Waals surface area contributed by atoms with E-state index < -0.39 is 5.97 Å². The summed E-state index contributed by atoms with van der Waals surface area (Å²) < 4.78 is 10.4. The van der Waals surface area contributed by atoms with Gasteiger partial charge in [0.05, 0.1) is 13.7 Å². The summed E-state index contributed by atoms with van der Waals surface area (Å²) >= 11 is 12.0. The van der Waals surface area contributed by atoms with Crippen LogP contribution in [0, 0.1) is 0 Å². The van der Waals surface area contributed by atoms with Gasteiger partial charge in [-0.2, -0.15) is 0 Å². The zero-order chi connectivity index (χ0) is 15.2. The predicted molar refractivity (Wildman–Crippen MR) is 83.4 cm³/mol. The summed E-state index contributed by atoms with van der Waals surface area (Å²) in [6, 6.07) is 12.3.